The van der Waals surface area contributed by atoms with Crippen LogP contribution < -0.4 is 0 Å². The van der Waals surface area contributed by atoms with Crippen LogP contribution in [0.4, 0.5) is 0 Å². The maximum atomic E-state index is 6.13. The first-order valence-electron chi connectivity index (χ1n) is 8.79. The summed E-state index contributed by atoms with van der Waals surface area (Å²) in [5.74, 6) is 0.547. The average Bonchev–Trinajstić information content (AvgIpc) is 2.92. The molecular weight excluding hydrogens is 382 g/mol. The third-order valence-corrected chi connectivity index (χ3v) is 6.76. The second-order valence-electron chi connectivity index (χ2n) is 7.81. The minimum Gasteiger partial charge on any atom is -0.759 e. The fraction of sp³-hybridized carbons (Fsp3) is 0.526. The van der Waals surface area contributed by atoms with Crippen molar-refractivity contribution in [1.82, 2.24) is 15.0 Å². The normalized spacial score (nSPS) is 16.5. The Morgan fingerprint density at radius 1 is 1.23 bits per heavy atom. The fourth-order valence-corrected chi connectivity index (χ4v) is 5.32. The molecule has 4 rings (SSSR count). The highest BCUT2D eigenvalue weighted by atomic mass is 32.2. The van der Waals surface area contributed by atoms with E-state index in [4.69, 9.17) is 27.3 Å². The van der Waals surface area contributed by atoms with Gasteiger partial charge in [-0.3, -0.25) is 4.98 Å². The molecule has 0 N–H and O–H groups in total. The molecule has 0 aromatic carbocycles. The molecule has 0 saturated carbocycles. The SMILES string of the molecule is CSc1nc([S-])c2sc3nc(CC(C)C)c4c(c3c2n1)CC(C)(C)OC4. The summed E-state index contributed by atoms with van der Waals surface area (Å²) in [5.41, 5.74) is 4.53. The number of nitrogens with zero attached hydrogens (tertiary/aromatic N) is 3. The lowest BCUT2D eigenvalue weighted by molar-refractivity contribution is -0.0402. The van der Waals surface area contributed by atoms with Gasteiger partial charge in [-0.1, -0.05) is 30.6 Å². The van der Waals surface area contributed by atoms with E-state index in [2.05, 4.69) is 32.7 Å². The quantitative estimate of drug-likeness (QED) is 0.267. The largest absolute Gasteiger partial charge is 0.759 e. The smallest absolute Gasteiger partial charge is 0.186 e. The Hall–Kier alpha value is -1.02. The van der Waals surface area contributed by atoms with Gasteiger partial charge in [0.15, 0.2) is 5.16 Å². The molecule has 0 spiro atoms. The number of rotatable bonds is 3. The highest BCUT2D eigenvalue weighted by Gasteiger charge is 2.31. The molecule has 4 heterocycles. The molecule has 138 valence electrons. The predicted molar refractivity (Wildman–Crippen MR) is 111 cm³/mol. The number of ether oxygens (including phenoxy) is 1. The second-order valence-corrected chi connectivity index (χ2v) is 9.97. The highest BCUT2D eigenvalue weighted by molar-refractivity contribution is 7.98. The van der Waals surface area contributed by atoms with Gasteiger partial charge in [0.05, 0.1) is 22.4 Å². The van der Waals surface area contributed by atoms with E-state index >= 15 is 0 Å². The number of hydrogen-bond donors (Lipinski definition) is 0. The monoisotopic (exact) mass is 404 g/mol. The lowest BCUT2D eigenvalue weighted by Crippen LogP contribution is -2.33. The minimum atomic E-state index is -0.184. The van der Waals surface area contributed by atoms with Crippen LogP contribution in [0.15, 0.2) is 10.2 Å². The molecule has 0 unspecified atom stereocenters. The molecule has 0 bridgehead atoms. The highest BCUT2D eigenvalue weighted by Crippen LogP contribution is 2.42. The molecule has 26 heavy (non-hydrogen) atoms. The van der Waals surface area contributed by atoms with Crippen molar-refractivity contribution in [3.8, 4) is 0 Å². The van der Waals surface area contributed by atoms with E-state index in [1.165, 1.54) is 22.9 Å². The van der Waals surface area contributed by atoms with Crippen molar-refractivity contribution in [3.63, 3.8) is 0 Å². The lowest BCUT2D eigenvalue weighted by Gasteiger charge is -2.33. The average molecular weight is 405 g/mol. The number of hydrogen-bond acceptors (Lipinski definition) is 7. The van der Waals surface area contributed by atoms with Crippen molar-refractivity contribution in [2.75, 3.05) is 6.26 Å². The second kappa shape index (κ2) is 6.55. The number of aromatic nitrogens is 3. The Kier molecular flexibility index (Phi) is 4.62. The van der Waals surface area contributed by atoms with Crippen LogP contribution in [-0.2, 0) is 36.8 Å². The van der Waals surface area contributed by atoms with Crippen LogP contribution in [0.3, 0.4) is 0 Å². The lowest BCUT2D eigenvalue weighted by atomic mass is 9.88. The van der Waals surface area contributed by atoms with E-state index in [1.54, 1.807) is 11.3 Å². The van der Waals surface area contributed by atoms with E-state index < -0.39 is 0 Å². The van der Waals surface area contributed by atoms with Gasteiger partial charge >= 0.3 is 0 Å². The minimum absolute atomic E-state index is 0.184. The summed E-state index contributed by atoms with van der Waals surface area (Å²) in [4.78, 5) is 15.3. The van der Waals surface area contributed by atoms with E-state index in [1.807, 2.05) is 6.26 Å². The topological polar surface area (TPSA) is 47.9 Å². The molecule has 0 atom stereocenters. The zero-order chi connectivity index (χ0) is 18.6. The third kappa shape index (κ3) is 3.09. The van der Waals surface area contributed by atoms with Crippen molar-refractivity contribution in [3.05, 3.63) is 16.8 Å². The molecule has 4 nitrogen and oxygen atoms in total. The number of thiophene rings is 1. The number of fused-ring (bicyclic) bond motifs is 5. The van der Waals surface area contributed by atoms with Crippen LogP contribution in [0.2, 0.25) is 0 Å². The summed E-state index contributed by atoms with van der Waals surface area (Å²) >= 11 is 8.71. The standard InChI is InChI=1S/C19H23N3OS3/c1-9(2)6-12-11-8-23-19(3,4)7-10(11)13-14-15(26-17(13)20-12)16(24)22-18(21-14)25-5/h9H,6-8H2,1-5H3,(H,21,22,24)/p-1. The van der Waals surface area contributed by atoms with Crippen LogP contribution in [0.5, 0.6) is 0 Å². The van der Waals surface area contributed by atoms with Crippen molar-refractivity contribution in [1.29, 1.82) is 0 Å². The number of pyridine rings is 1. The maximum absolute atomic E-state index is 6.13. The zero-order valence-electron chi connectivity index (χ0n) is 15.7. The molecule has 7 heteroatoms. The van der Waals surface area contributed by atoms with Gasteiger partial charge in [0, 0.05) is 23.1 Å². The Balaban J connectivity index is 2.08. The first-order valence-corrected chi connectivity index (χ1v) is 11.2. The summed E-state index contributed by atoms with van der Waals surface area (Å²) in [7, 11) is 0. The molecule has 3 aromatic heterocycles. The van der Waals surface area contributed by atoms with Gasteiger partial charge in [-0.2, -0.15) is 0 Å². The molecule has 1 aliphatic heterocycles. The fourth-order valence-electron chi connectivity index (χ4n) is 3.54. The molecule has 3 aromatic rings. The Labute approximate surface area is 167 Å². The van der Waals surface area contributed by atoms with Crippen LogP contribution in [0.25, 0.3) is 20.4 Å². The van der Waals surface area contributed by atoms with Crippen LogP contribution in [-0.4, -0.2) is 26.8 Å². The Morgan fingerprint density at radius 2 is 2.00 bits per heavy atom. The number of thioether (sulfide) groups is 1. The van der Waals surface area contributed by atoms with E-state index in [0.717, 1.165) is 44.1 Å². The van der Waals surface area contributed by atoms with Gasteiger partial charge in [0.25, 0.3) is 0 Å². The van der Waals surface area contributed by atoms with Crippen molar-refractivity contribution < 1.29 is 4.74 Å². The van der Waals surface area contributed by atoms with E-state index in [9.17, 15) is 0 Å². The molecule has 1 aliphatic rings. The van der Waals surface area contributed by atoms with Crippen molar-refractivity contribution >= 4 is 56.2 Å². The van der Waals surface area contributed by atoms with Crippen molar-refractivity contribution in [2.45, 2.75) is 62.9 Å². The summed E-state index contributed by atoms with van der Waals surface area (Å²) in [5, 5.41) is 2.52. The van der Waals surface area contributed by atoms with Crippen LogP contribution in [0.1, 0.15) is 44.5 Å². The molecule has 0 fully saturated rings. The summed E-state index contributed by atoms with van der Waals surface area (Å²) in [6.45, 7) is 9.38. The van der Waals surface area contributed by atoms with E-state index in [-0.39, 0.29) is 5.60 Å². The molecule has 0 saturated heterocycles. The molecular formula is C19H22N3OS3-. The van der Waals surface area contributed by atoms with Crippen LogP contribution in [0, 0.1) is 5.92 Å². The Morgan fingerprint density at radius 3 is 2.69 bits per heavy atom. The molecule has 0 aliphatic carbocycles. The summed E-state index contributed by atoms with van der Waals surface area (Å²) in [6, 6.07) is 0. The summed E-state index contributed by atoms with van der Waals surface area (Å²) < 4.78 is 7.11. The van der Waals surface area contributed by atoms with Crippen molar-refractivity contribution in [2.24, 2.45) is 5.92 Å². The van der Waals surface area contributed by atoms with Crippen LogP contribution >= 0.6 is 23.1 Å². The maximum Gasteiger partial charge on any atom is 0.186 e. The Bertz CT molecular complexity index is 1010. The summed E-state index contributed by atoms with van der Waals surface area (Å²) in [6.07, 6.45) is 3.80. The van der Waals surface area contributed by atoms with Gasteiger partial charge in [0.2, 0.25) is 0 Å². The first-order chi connectivity index (χ1) is 12.3. The van der Waals surface area contributed by atoms with Gasteiger partial charge < -0.3 is 17.4 Å². The van der Waals surface area contributed by atoms with Gasteiger partial charge in [-0.25, -0.2) is 9.97 Å². The molecule has 0 radical (unpaired) electrons. The van der Waals surface area contributed by atoms with E-state index in [0.29, 0.717) is 17.6 Å². The predicted octanol–water partition coefficient (Wildman–Crippen LogP) is 4.92. The first kappa shape index (κ1) is 18.3. The molecule has 0 amide bonds. The van der Waals surface area contributed by atoms with Gasteiger partial charge in [0.1, 0.15) is 4.83 Å². The van der Waals surface area contributed by atoms with Gasteiger partial charge in [-0.05, 0) is 38.0 Å². The zero-order valence-corrected chi connectivity index (χ0v) is 18.1. The van der Waals surface area contributed by atoms with Gasteiger partial charge in [-0.15, -0.1) is 11.3 Å². The third-order valence-electron chi connectivity index (χ3n) is 4.71.